The molecule has 3 aromatic rings. The molecule has 0 unspecified atom stereocenters. The van der Waals surface area contributed by atoms with Crippen molar-refractivity contribution >= 4 is 22.8 Å². The number of hydrogen-bond donors (Lipinski definition) is 1. The zero-order chi connectivity index (χ0) is 17.9. The van der Waals surface area contributed by atoms with Gasteiger partial charge in [0.1, 0.15) is 5.75 Å². The monoisotopic (exact) mass is 365 g/mol. The van der Waals surface area contributed by atoms with Crippen molar-refractivity contribution in [3.63, 3.8) is 0 Å². The van der Waals surface area contributed by atoms with Crippen molar-refractivity contribution in [1.82, 2.24) is 15.1 Å². The van der Waals surface area contributed by atoms with E-state index >= 15 is 0 Å². The number of ether oxygens (including phenoxy) is 1. The first-order chi connectivity index (χ1) is 12.8. The van der Waals surface area contributed by atoms with Crippen LogP contribution in [0, 0.1) is 0 Å². The van der Waals surface area contributed by atoms with E-state index in [4.69, 9.17) is 4.74 Å². The third kappa shape index (κ3) is 3.15. The van der Waals surface area contributed by atoms with Gasteiger partial charge in [-0.25, -0.2) is 0 Å². The molecule has 5 nitrogen and oxygen atoms in total. The van der Waals surface area contributed by atoms with Crippen LogP contribution in [0.1, 0.15) is 21.7 Å². The summed E-state index contributed by atoms with van der Waals surface area (Å²) in [6.45, 7) is 1.34. The molecular formula is C20H19N3O2S. The van der Waals surface area contributed by atoms with Crippen LogP contribution in [-0.2, 0) is 0 Å². The molecule has 1 aliphatic rings. The van der Waals surface area contributed by atoms with Crippen molar-refractivity contribution < 1.29 is 9.53 Å². The number of aromatic nitrogens is 2. The molecule has 0 fully saturated rings. The lowest BCUT2D eigenvalue weighted by atomic mass is 10.0. The third-order valence-electron chi connectivity index (χ3n) is 4.58. The van der Waals surface area contributed by atoms with Gasteiger partial charge in [-0.1, -0.05) is 12.1 Å². The molecule has 0 saturated carbocycles. The Bertz CT molecular complexity index is 926. The molecule has 0 radical (unpaired) electrons. The average molecular weight is 365 g/mol. The molecule has 1 amide bonds. The van der Waals surface area contributed by atoms with Gasteiger partial charge in [0, 0.05) is 23.5 Å². The summed E-state index contributed by atoms with van der Waals surface area (Å²) in [7, 11) is 1.63. The van der Waals surface area contributed by atoms with E-state index in [0.29, 0.717) is 12.1 Å². The summed E-state index contributed by atoms with van der Waals surface area (Å²) >= 11 is 1.74. The van der Waals surface area contributed by atoms with Gasteiger partial charge in [-0.05, 0) is 47.7 Å². The van der Waals surface area contributed by atoms with E-state index in [1.807, 2.05) is 29.2 Å². The third-order valence-corrected chi connectivity index (χ3v) is 5.53. The Hall–Kier alpha value is -2.86. The SMILES string of the molecule is COc1ccc(-c2[nH]ncc2C(=O)N2CC=C(c3cccs3)CC2)cc1. The first-order valence-corrected chi connectivity index (χ1v) is 9.34. The van der Waals surface area contributed by atoms with E-state index in [9.17, 15) is 4.79 Å². The summed E-state index contributed by atoms with van der Waals surface area (Å²) < 4.78 is 5.19. The number of carbonyl (C=O) groups excluding carboxylic acids is 1. The lowest BCUT2D eigenvalue weighted by Gasteiger charge is -2.26. The number of methoxy groups -OCH3 is 1. The molecule has 0 spiro atoms. The Morgan fingerprint density at radius 2 is 2.12 bits per heavy atom. The highest BCUT2D eigenvalue weighted by Gasteiger charge is 2.23. The van der Waals surface area contributed by atoms with Gasteiger partial charge in [0.2, 0.25) is 0 Å². The van der Waals surface area contributed by atoms with Crippen molar-refractivity contribution in [2.75, 3.05) is 20.2 Å². The van der Waals surface area contributed by atoms with Crippen molar-refractivity contribution in [3.05, 3.63) is 64.5 Å². The van der Waals surface area contributed by atoms with Crippen molar-refractivity contribution in [2.45, 2.75) is 6.42 Å². The van der Waals surface area contributed by atoms with Gasteiger partial charge in [-0.3, -0.25) is 9.89 Å². The molecule has 132 valence electrons. The number of hydrogen-bond acceptors (Lipinski definition) is 4. The summed E-state index contributed by atoms with van der Waals surface area (Å²) in [6, 6.07) is 11.8. The molecule has 4 rings (SSSR count). The summed E-state index contributed by atoms with van der Waals surface area (Å²) in [4.78, 5) is 16.1. The maximum atomic E-state index is 13.0. The molecule has 6 heteroatoms. The largest absolute Gasteiger partial charge is 0.497 e. The average Bonchev–Trinajstić information content (AvgIpc) is 3.40. The molecule has 26 heavy (non-hydrogen) atoms. The fraction of sp³-hybridized carbons (Fsp3) is 0.200. The molecule has 3 heterocycles. The van der Waals surface area contributed by atoms with Crippen LogP contribution in [-0.4, -0.2) is 41.2 Å². The minimum absolute atomic E-state index is 0.00560. The highest BCUT2D eigenvalue weighted by Crippen LogP contribution is 2.28. The van der Waals surface area contributed by atoms with Crippen LogP contribution in [0.15, 0.2) is 54.1 Å². The van der Waals surface area contributed by atoms with Gasteiger partial charge in [-0.15, -0.1) is 11.3 Å². The van der Waals surface area contributed by atoms with E-state index < -0.39 is 0 Å². The Balaban J connectivity index is 1.54. The summed E-state index contributed by atoms with van der Waals surface area (Å²) in [6.07, 6.45) is 4.64. The van der Waals surface area contributed by atoms with Crippen LogP contribution >= 0.6 is 11.3 Å². The molecule has 1 aliphatic heterocycles. The Kier molecular flexibility index (Phi) is 4.58. The molecule has 1 N–H and O–H groups in total. The van der Waals surface area contributed by atoms with Gasteiger partial charge in [0.15, 0.2) is 0 Å². The van der Waals surface area contributed by atoms with Crippen LogP contribution in [0.5, 0.6) is 5.75 Å². The van der Waals surface area contributed by atoms with E-state index in [0.717, 1.165) is 30.0 Å². The molecular weight excluding hydrogens is 346 g/mol. The maximum absolute atomic E-state index is 13.0. The second-order valence-electron chi connectivity index (χ2n) is 6.10. The highest BCUT2D eigenvalue weighted by atomic mass is 32.1. The minimum Gasteiger partial charge on any atom is -0.497 e. The van der Waals surface area contributed by atoms with Gasteiger partial charge in [-0.2, -0.15) is 5.10 Å². The zero-order valence-corrected chi connectivity index (χ0v) is 15.3. The van der Waals surface area contributed by atoms with E-state index in [1.54, 1.807) is 24.6 Å². The number of nitrogens with zero attached hydrogens (tertiary/aromatic N) is 2. The molecule has 0 atom stereocenters. The fourth-order valence-electron chi connectivity index (χ4n) is 3.14. The Morgan fingerprint density at radius 1 is 1.27 bits per heavy atom. The van der Waals surface area contributed by atoms with Gasteiger partial charge >= 0.3 is 0 Å². The van der Waals surface area contributed by atoms with Gasteiger partial charge < -0.3 is 9.64 Å². The second kappa shape index (κ2) is 7.17. The van der Waals surface area contributed by atoms with E-state index in [2.05, 4.69) is 33.8 Å². The van der Waals surface area contributed by atoms with Gasteiger partial charge in [0.25, 0.3) is 5.91 Å². The molecule has 0 bridgehead atoms. The maximum Gasteiger partial charge on any atom is 0.257 e. The summed E-state index contributed by atoms with van der Waals surface area (Å²) in [5.74, 6) is 0.787. The first kappa shape index (κ1) is 16.6. The second-order valence-corrected chi connectivity index (χ2v) is 7.04. The number of rotatable bonds is 4. The number of aromatic amines is 1. The first-order valence-electron chi connectivity index (χ1n) is 8.46. The van der Waals surface area contributed by atoms with Crippen molar-refractivity contribution in [1.29, 1.82) is 0 Å². The standard InChI is InChI=1S/C20H19N3O2S/c1-25-16-6-4-15(5-7-16)19-17(13-21-22-19)20(24)23-10-8-14(9-11-23)18-3-2-12-26-18/h2-8,12-13H,9-11H2,1H3,(H,21,22). The number of benzene rings is 1. The molecule has 0 saturated heterocycles. The van der Waals surface area contributed by atoms with Crippen molar-refractivity contribution in [3.8, 4) is 17.0 Å². The smallest absolute Gasteiger partial charge is 0.257 e. The number of thiophene rings is 1. The van der Waals surface area contributed by atoms with Crippen LogP contribution in [0.2, 0.25) is 0 Å². The van der Waals surface area contributed by atoms with Crippen LogP contribution in [0.25, 0.3) is 16.8 Å². The number of H-pyrrole nitrogens is 1. The quantitative estimate of drug-likeness (QED) is 0.758. The van der Waals surface area contributed by atoms with Crippen LogP contribution in [0.3, 0.4) is 0 Å². The Labute approximate surface area is 155 Å². The zero-order valence-electron chi connectivity index (χ0n) is 14.4. The van der Waals surface area contributed by atoms with E-state index in [1.165, 1.54) is 10.5 Å². The van der Waals surface area contributed by atoms with E-state index in [-0.39, 0.29) is 5.91 Å². The predicted molar refractivity (Wildman–Crippen MR) is 103 cm³/mol. The number of amides is 1. The molecule has 0 aliphatic carbocycles. The number of nitrogens with one attached hydrogen (secondary N) is 1. The number of carbonyl (C=O) groups is 1. The minimum atomic E-state index is 0.00560. The lowest BCUT2D eigenvalue weighted by Crippen LogP contribution is -2.34. The normalized spacial score (nSPS) is 14.2. The van der Waals surface area contributed by atoms with Gasteiger partial charge in [0.05, 0.1) is 24.6 Å². The lowest BCUT2D eigenvalue weighted by molar-refractivity contribution is 0.0774. The summed E-state index contributed by atoms with van der Waals surface area (Å²) in [5, 5.41) is 9.14. The molecule has 1 aromatic carbocycles. The van der Waals surface area contributed by atoms with Crippen molar-refractivity contribution in [2.24, 2.45) is 0 Å². The fourth-order valence-corrected chi connectivity index (χ4v) is 3.93. The van der Waals surface area contributed by atoms with Crippen LogP contribution in [0.4, 0.5) is 0 Å². The highest BCUT2D eigenvalue weighted by molar-refractivity contribution is 7.11. The molecule has 2 aromatic heterocycles. The van der Waals surface area contributed by atoms with Crippen LogP contribution < -0.4 is 4.74 Å². The topological polar surface area (TPSA) is 58.2 Å². The summed E-state index contributed by atoms with van der Waals surface area (Å²) in [5.41, 5.74) is 3.58. The predicted octanol–water partition coefficient (Wildman–Crippen LogP) is 4.08. The Morgan fingerprint density at radius 3 is 2.77 bits per heavy atom.